The van der Waals surface area contributed by atoms with E-state index in [1.54, 1.807) is 19.4 Å². The number of benzene rings is 1. The Morgan fingerprint density at radius 3 is 2.79 bits per heavy atom. The van der Waals surface area contributed by atoms with Gasteiger partial charge in [0.15, 0.2) is 0 Å². The van der Waals surface area contributed by atoms with Crippen LogP contribution in [0.1, 0.15) is 28.5 Å². The molecule has 3 heteroatoms. The van der Waals surface area contributed by atoms with Gasteiger partial charge in [-0.3, -0.25) is 4.98 Å². The molecule has 2 aromatic rings. The van der Waals surface area contributed by atoms with Crippen molar-refractivity contribution in [3.8, 4) is 5.75 Å². The number of ether oxygens (including phenoxy) is 1. The molecule has 2 rings (SSSR count). The topological polar surface area (TPSA) is 42.4 Å². The molecule has 0 saturated carbocycles. The summed E-state index contributed by atoms with van der Waals surface area (Å²) in [4.78, 5) is 4.22. The Hall–Kier alpha value is -1.87. The van der Waals surface area contributed by atoms with Gasteiger partial charge in [0.25, 0.3) is 0 Å². The van der Waals surface area contributed by atoms with Gasteiger partial charge in [0.1, 0.15) is 17.5 Å². The highest BCUT2D eigenvalue weighted by molar-refractivity contribution is 5.34. The van der Waals surface area contributed by atoms with Gasteiger partial charge in [-0.2, -0.15) is 0 Å². The van der Waals surface area contributed by atoms with Crippen LogP contribution in [0.15, 0.2) is 36.5 Å². The number of aliphatic hydroxyl groups excluding tert-OH is 1. The summed E-state index contributed by atoms with van der Waals surface area (Å²) in [7, 11) is 1.59. The molecule has 0 aliphatic heterocycles. The van der Waals surface area contributed by atoms with Crippen LogP contribution in [0, 0.1) is 13.8 Å². The van der Waals surface area contributed by atoms with E-state index in [4.69, 9.17) is 4.74 Å². The average molecular weight is 257 g/mol. The van der Waals surface area contributed by atoms with Crippen LogP contribution < -0.4 is 4.74 Å². The van der Waals surface area contributed by atoms with Gasteiger partial charge in [0.2, 0.25) is 0 Å². The minimum absolute atomic E-state index is 0.543. The van der Waals surface area contributed by atoms with Crippen molar-refractivity contribution in [1.29, 1.82) is 0 Å². The normalized spacial score (nSPS) is 12.2. The molecule has 1 N–H and O–H groups in total. The van der Waals surface area contributed by atoms with Crippen LogP contribution in [0.5, 0.6) is 5.75 Å². The lowest BCUT2D eigenvalue weighted by Crippen LogP contribution is -2.07. The highest BCUT2D eigenvalue weighted by Crippen LogP contribution is 2.26. The summed E-state index contributed by atoms with van der Waals surface area (Å²) < 4.78 is 5.24. The quantitative estimate of drug-likeness (QED) is 0.915. The van der Waals surface area contributed by atoms with E-state index in [9.17, 15) is 5.11 Å². The minimum atomic E-state index is -0.656. The highest BCUT2D eigenvalue weighted by atomic mass is 16.5. The van der Waals surface area contributed by atoms with Crippen molar-refractivity contribution in [2.24, 2.45) is 0 Å². The predicted molar refractivity (Wildman–Crippen MR) is 75.4 cm³/mol. The zero-order valence-electron chi connectivity index (χ0n) is 11.6. The van der Waals surface area contributed by atoms with Crippen LogP contribution in [-0.2, 0) is 6.42 Å². The van der Waals surface area contributed by atoms with Crippen LogP contribution in [0.25, 0.3) is 0 Å². The Kier molecular flexibility index (Phi) is 4.17. The third-order valence-corrected chi connectivity index (χ3v) is 3.25. The van der Waals surface area contributed by atoms with Crippen LogP contribution in [0.2, 0.25) is 0 Å². The summed E-state index contributed by atoms with van der Waals surface area (Å²) in [5.41, 5.74) is 4.10. The molecule has 0 bridgehead atoms. The lowest BCUT2D eigenvalue weighted by Gasteiger charge is -2.15. The van der Waals surface area contributed by atoms with Gasteiger partial charge in [-0.1, -0.05) is 23.8 Å². The first kappa shape index (κ1) is 13.6. The van der Waals surface area contributed by atoms with Crippen LogP contribution >= 0.6 is 0 Å². The molecule has 100 valence electrons. The van der Waals surface area contributed by atoms with Gasteiger partial charge in [-0.15, -0.1) is 0 Å². The molecule has 0 amide bonds. The smallest absolute Gasteiger partial charge is 0.143 e. The molecule has 0 fully saturated rings. The number of hydrogen-bond donors (Lipinski definition) is 1. The number of aromatic nitrogens is 1. The van der Waals surface area contributed by atoms with E-state index in [1.165, 1.54) is 11.1 Å². The maximum absolute atomic E-state index is 10.4. The second-order valence-corrected chi connectivity index (χ2v) is 4.74. The van der Waals surface area contributed by atoms with E-state index >= 15 is 0 Å². The zero-order chi connectivity index (χ0) is 13.8. The summed E-state index contributed by atoms with van der Waals surface area (Å²) in [6.07, 6.45) is 1.56. The van der Waals surface area contributed by atoms with Crippen molar-refractivity contribution < 1.29 is 9.84 Å². The number of methoxy groups -OCH3 is 1. The van der Waals surface area contributed by atoms with Crippen LogP contribution in [0.4, 0.5) is 0 Å². The average Bonchev–Trinajstić information content (AvgIpc) is 2.42. The fourth-order valence-electron chi connectivity index (χ4n) is 2.15. The van der Waals surface area contributed by atoms with Crippen LogP contribution in [0.3, 0.4) is 0 Å². The fourth-order valence-corrected chi connectivity index (χ4v) is 2.15. The number of pyridine rings is 1. The molecule has 0 radical (unpaired) electrons. The summed E-state index contributed by atoms with van der Waals surface area (Å²) in [5, 5.41) is 10.4. The first-order valence-corrected chi connectivity index (χ1v) is 6.35. The van der Waals surface area contributed by atoms with Gasteiger partial charge in [0.05, 0.1) is 7.11 Å². The van der Waals surface area contributed by atoms with Gasteiger partial charge >= 0.3 is 0 Å². The lowest BCUT2D eigenvalue weighted by atomic mass is 9.98. The second kappa shape index (κ2) is 5.85. The summed E-state index contributed by atoms with van der Waals surface area (Å²) in [6.45, 7) is 4.10. The van der Waals surface area contributed by atoms with Crippen molar-refractivity contribution in [1.82, 2.24) is 4.98 Å². The molecule has 1 aromatic heterocycles. The van der Waals surface area contributed by atoms with E-state index in [2.05, 4.69) is 37.0 Å². The number of aryl methyl sites for hydroxylation is 2. The molecule has 0 aliphatic rings. The predicted octanol–water partition coefficient (Wildman–Crippen LogP) is 2.98. The van der Waals surface area contributed by atoms with Crippen molar-refractivity contribution in [2.75, 3.05) is 7.11 Å². The Morgan fingerprint density at radius 2 is 2.05 bits per heavy atom. The van der Waals surface area contributed by atoms with E-state index in [1.807, 2.05) is 6.07 Å². The lowest BCUT2D eigenvalue weighted by molar-refractivity contribution is 0.168. The van der Waals surface area contributed by atoms with E-state index in [-0.39, 0.29) is 0 Å². The largest absolute Gasteiger partial charge is 0.495 e. The van der Waals surface area contributed by atoms with Gasteiger partial charge in [0, 0.05) is 12.6 Å². The number of rotatable bonds is 4. The summed E-state index contributed by atoms with van der Waals surface area (Å²) >= 11 is 0. The van der Waals surface area contributed by atoms with Crippen molar-refractivity contribution in [2.45, 2.75) is 26.4 Å². The van der Waals surface area contributed by atoms with Crippen molar-refractivity contribution >= 4 is 0 Å². The maximum Gasteiger partial charge on any atom is 0.143 e. The first-order chi connectivity index (χ1) is 9.11. The molecule has 19 heavy (non-hydrogen) atoms. The molecule has 3 nitrogen and oxygen atoms in total. The molecule has 0 saturated heterocycles. The molecule has 0 spiro atoms. The summed E-state index contributed by atoms with van der Waals surface area (Å²) in [5.74, 6) is 0.625. The zero-order valence-corrected chi connectivity index (χ0v) is 11.6. The summed E-state index contributed by atoms with van der Waals surface area (Å²) in [6, 6.07) is 9.87. The SMILES string of the molecule is COc1cccnc1C(O)Cc1cc(C)ccc1C. The molecular formula is C16H19NO2. The van der Waals surface area contributed by atoms with Crippen LogP contribution in [-0.4, -0.2) is 17.2 Å². The first-order valence-electron chi connectivity index (χ1n) is 6.35. The Morgan fingerprint density at radius 1 is 1.26 bits per heavy atom. The number of nitrogens with zero attached hydrogens (tertiary/aromatic N) is 1. The standard InChI is InChI=1S/C16H19NO2/c1-11-6-7-12(2)13(9-11)10-14(18)16-15(19-3)5-4-8-17-16/h4-9,14,18H,10H2,1-3H3. The monoisotopic (exact) mass is 257 g/mol. The number of hydrogen-bond acceptors (Lipinski definition) is 3. The molecular weight excluding hydrogens is 238 g/mol. The Bertz CT molecular complexity index is 566. The Balaban J connectivity index is 2.25. The molecule has 1 unspecified atom stereocenters. The molecule has 1 heterocycles. The third-order valence-electron chi connectivity index (χ3n) is 3.25. The molecule has 1 atom stereocenters. The maximum atomic E-state index is 10.4. The minimum Gasteiger partial charge on any atom is -0.495 e. The Labute approximate surface area is 113 Å². The van der Waals surface area contributed by atoms with E-state index in [0.29, 0.717) is 17.9 Å². The van der Waals surface area contributed by atoms with E-state index < -0.39 is 6.10 Å². The molecule has 1 aromatic carbocycles. The van der Waals surface area contributed by atoms with Gasteiger partial charge < -0.3 is 9.84 Å². The van der Waals surface area contributed by atoms with Crippen molar-refractivity contribution in [3.63, 3.8) is 0 Å². The van der Waals surface area contributed by atoms with Crippen molar-refractivity contribution in [3.05, 3.63) is 58.9 Å². The van der Waals surface area contributed by atoms with Gasteiger partial charge in [-0.25, -0.2) is 0 Å². The fraction of sp³-hybridized carbons (Fsp3) is 0.312. The number of aliphatic hydroxyl groups is 1. The third kappa shape index (κ3) is 3.12. The van der Waals surface area contributed by atoms with E-state index in [0.717, 1.165) is 5.56 Å². The second-order valence-electron chi connectivity index (χ2n) is 4.74. The highest BCUT2D eigenvalue weighted by Gasteiger charge is 2.16. The molecule has 0 aliphatic carbocycles. The van der Waals surface area contributed by atoms with Gasteiger partial charge in [-0.05, 0) is 37.1 Å².